The van der Waals surface area contributed by atoms with Crippen molar-refractivity contribution in [1.82, 2.24) is 10.0 Å². The lowest BCUT2D eigenvalue weighted by molar-refractivity contribution is -0.125. The predicted molar refractivity (Wildman–Crippen MR) is 136 cm³/mol. The summed E-state index contributed by atoms with van der Waals surface area (Å²) < 4.78 is 26.3. The van der Waals surface area contributed by atoms with Crippen molar-refractivity contribution in [2.75, 3.05) is 19.9 Å². The summed E-state index contributed by atoms with van der Waals surface area (Å²) in [5.41, 5.74) is 1.13. The number of carbonyl (C=O) groups is 1. The number of carbonyl (C=O) groups excluding carboxylic acids is 1. The Balaban J connectivity index is 1.61. The van der Waals surface area contributed by atoms with E-state index in [4.69, 9.17) is 9.47 Å². The predicted octanol–water partition coefficient (Wildman–Crippen LogP) is 3.72. The summed E-state index contributed by atoms with van der Waals surface area (Å²) in [5.74, 6) is 4.63. The quantitative estimate of drug-likeness (QED) is 0.445. The van der Waals surface area contributed by atoms with Gasteiger partial charge in [-0.1, -0.05) is 48.5 Å². The fourth-order valence-corrected chi connectivity index (χ4v) is 4.86. The summed E-state index contributed by atoms with van der Waals surface area (Å²) in [4.78, 5) is 12.5. The molecule has 0 aliphatic carbocycles. The largest absolute Gasteiger partial charge is 0.493 e. The first-order valence-electron chi connectivity index (χ1n) is 10.7. The number of ether oxygens (including phenoxy) is 2. The number of amides is 1. The highest BCUT2D eigenvalue weighted by Gasteiger charge is 2.28. The first-order chi connectivity index (χ1) is 15.6. The van der Waals surface area contributed by atoms with Crippen molar-refractivity contribution in [2.45, 2.75) is 32.4 Å². The van der Waals surface area contributed by atoms with Gasteiger partial charge in [-0.2, -0.15) is 0 Å². The van der Waals surface area contributed by atoms with E-state index in [1.54, 1.807) is 21.0 Å². The Morgan fingerprint density at radius 1 is 1.06 bits per heavy atom. The molecule has 2 N–H and O–H groups in total. The second-order valence-corrected chi connectivity index (χ2v) is 10.9. The van der Waals surface area contributed by atoms with Crippen molar-refractivity contribution >= 4 is 32.3 Å². The number of hydrogen-bond donors (Lipinski definition) is 2. The molecule has 0 aromatic heterocycles. The number of nitrogens with one attached hydrogen (secondary N) is 2. The summed E-state index contributed by atoms with van der Waals surface area (Å²) in [6.07, 6.45) is 2.09. The molecule has 3 aromatic carbocycles. The minimum atomic E-state index is -2.50. The van der Waals surface area contributed by atoms with E-state index in [-0.39, 0.29) is 5.91 Å². The molecule has 33 heavy (non-hydrogen) atoms. The number of methoxy groups -OCH3 is 1. The van der Waals surface area contributed by atoms with Crippen molar-refractivity contribution in [2.24, 2.45) is 0 Å². The van der Waals surface area contributed by atoms with Gasteiger partial charge in [0.1, 0.15) is 12.1 Å². The Kier molecular flexibility index (Phi) is 7.66. The highest BCUT2D eigenvalue weighted by molar-refractivity contribution is 7.97. The highest BCUT2D eigenvalue weighted by Crippen LogP contribution is 2.30. The van der Waals surface area contributed by atoms with Gasteiger partial charge >= 0.3 is 0 Å². The van der Waals surface area contributed by atoms with Gasteiger partial charge in [0.15, 0.2) is 11.5 Å². The van der Waals surface area contributed by atoms with Crippen LogP contribution in [0.1, 0.15) is 25.0 Å². The Morgan fingerprint density at radius 2 is 1.79 bits per heavy atom. The van der Waals surface area contributed by atoms with Crippen LogP contribution in [0.25, 0.3) is 10.8 Å². The SMILES string of the molecule is C=S(C)(=O)NC(C)(C)C(=O)NCCc1ccc(OCc2cccc3ccccc23)c(OC)c1. The van der Waals surface area contributed by atoms with Crippen molar-refractivity contribution in [3.63, 3.8) is 0 Å². The summed E-state index contributed by atoms with van der Waals surface area (Å²) >= 11 is 0. The van der Waals surface area contributed by atoms with Gasteiger partial charge < -0.3 is 14.8 Å². The lowest BCUT2D eigenvalue weighted by Gasteiger charge is -2.25. The van der Waals surface area contributed by atoms with Crippen LogP contribution in [0.5, 0.6) is 11.5 Å². The molecule has 0 radical (unpaired) electrons. The molecule has 0 fully saturated rings. The Bertz CT molecular complexity index is 1230. The van der Waals surface area contributed by atoms with Crippen molar-refractivity contribution in [3.8, 4) is 11.5 Å². The van der Waals surface area contributed by atoms with Crippen molar-refractivity contribution < 1.29 is 18.5 Å². The standard InChI is InChI=1S/C26H32N2O4S/c1-26(2,28-33(4,5)30)25(29)27-16-15-19-13-14-23(24(17-19)31-3)32-18-21-11-8-10-20-9-6-7-12-22(20)21/h6-14,17H,4,15-16,18H2,1-3,5H3,(H,27,29)(H,28,30). The summed E-state index contributed by atoms with van der Waals surface area (Å²) in [5, 5.41) is 5.23. The van der Waals surface area contributed by atoms with Gasteiger partial charge in [0.05, 0.1) is 7.11 Å². The maximum Gasteiger partial charge on any atom is 0.240 e. The molecular formula is C26H32N2O4S. The molecule has 176 valence electrons. The molecule has 3 aromatic rings. The zero-order chi connectivity index (χ0) is 24.1. The summed E-state index contributed by atoms with van der Waals surface area (Å²) in [6.45, 7) is 4.23. The Morgan fingerprint density at radius 3 is 2.52 bits per heavy atom. The van der Waals surface area contributed by atoms with E-state index in [9.17, 15) is 9.00 Å². The molecule has 1 unspecified atom stereocenters. The van der Waals surface area contributed by atoms with Crippen LogP contribution in [-0.2, 0) is 27.5 Å². The number of hydrogen-bond acceptors (Lipinski definition) is 4. The normalized spacial score (nSPS) is 13.3. The van der Waals surface area contributed by atoms with Gasteiger partial charge in [-0.3, -0.25) is 9.00 Å². The summed E-state index contributed by atoms with van der Waals surface area (Å²) in [7, 11) is -0.885. The maximum atomic E-state index is 12.5. The average Bonchev–Trinajstić information content (AvgIpc) is 2.76. The average molecular weight is 469 g/mol. The molecule has 0 spiro atoms. The fraction of sp³-hybridized carbons (Fsp3) is 0.308. The molecule has 3 rings (SSSR count). The van der Waals surface area contributed by atoms with Gasteiger partial charge in [-0.25, -0.2) is 4.72 Å². The van der Waals surface area contributed by atoms with E-state index in [0.29, 0.717) is 31.1 Å². The third-order valence-corrected chi connectivity index (χ3v) is 6.17. The zero-order valence-corrected chi connectivity index (χ0v) is 20.5. The Hall–Kier alpha value is -3.03. The Labute approximate surface area is 196 Å². The molecule has 0 heterocycles. The van der Waals surface area contributed by atoms with E-state index in [1.807, 2.05) is 36.4 Å². The van der Waals surface area contributed by atoms with E-state index >= 15 is 0 Å². The van der Waals surface area contributed by atoms with Crippen LogP contribution >= 0.6 is 0 Å². The lowest BCUT2D eigenvalue weighted by atomic mass is 10.1. The third kappa shape index (κ3) is 6.73. The minimum Gasteiger partial charge on any atom is -0.493 e. The molecule has 0 saturated carbocycles. The molecule has 1 atom stereocenters. The van der Waals surface area contributed by atoms with E-state index in [2.05, 4.69) is 40.2 Å². The van der Waals surface area contributed by atoms with Crippen molar-refractivity contribution in [1.29, 1.82) is 0 Å². The topological polar surface area (TPSA) is 76.7 Å². The first-order valence-corrected chi connectivity index (χ1v) is 12.9. The van der Waals surface area contributed by atoms with Gasteiger partial charge in [-0.15, -0.1) is 0 Å². The zero-order valence-electron chi connectivity index (χ0n) is 19.6. The molecular weight excluding hydrogens is 436 g/mol. The summed E-state index contributed by atoms with van der Waals surface area (Å²) in [6, 6.07) is 20.2. The van der Waals surface area contributed by atoms with Crippen LogP contribution in [0.3, 0.4) is 0 Å². The minimum absolute atomic E-state index is 0.234. The monoisotopic (exact) mass is 468 g/mol. The third-order valence-electron chi connectivity index (χ3n) is 5.23. The van der Waals surface area contributed by atoms with Crippen molar-refractivity contribution in [3.05, 3.63) is 71.8 Å². The smallest absolute Gasteiger partial charge is 0.240 e. The van der Waals surface area contributed by atoms with Gasteiger partial charge in [0, 0.05) is 22.5 Å². The van der Waals surface area contributed by atoms with E-state index < -0.39 is 15.2 Å². The maximum absolute atomic E-state index is 12.5. The molecule has 0 saturated heterocycles. The highest BCUT2D eigenvalue weighted by atomic mass is 32.2. The fourth-order valence-electron chi connectivity index (χ4n) is 3.69. The second-order valence-electron chi connectivity index (χ2n) is 8.65. The van der Waals surface area contributed by atoms with Gasteiger partial charge in [0.2, 0.25) is 5.91 Å². The van der Waals surface area contributed by atoms with Crippen LogP contribution in [0.2, 0.25) is 0 Å². The van der Waals surface area contributed by atoms with Crippen LogP contribution in [0, 0.1) is 0 Å². The van der Waals surface area contributed by atoms with Crippen LogP contribution in [0.4, 0.5) is 0 Å². The first kappa shape index (κ1) is 24.6. The van der Waals surface area contributed by atoms with E-state index in [1.165, 1.54) is 17.0 Å². The molecule has 0 aliphatic rings. The van der Waals surface area contributed by atoms with Crippen LogP contribution in [0.15, 0.2) is 60.7 Å². The lowest BCUT2D eigenvalue weighted by Crippen LogP contribution is -2.54. The van der Waals surface area contributed by atoms with Gasteiger partial charge in [-0.05, 0) is 60.2 Å². The number of benzene rings is 3. The van der Waals surface area contributed by atoms with Crippen LogP contribution in [-0.4, -0.2) is 41.4 Å². The van der Waals surface area contributed by atoms with Gasteiger partial charge in [0.25, 0.3) is 0 Å². The number of rotatable bonds is 10. The molecule has 7 heteroatoms. The molecule has 1 amide bonds. The number of fused-ring (bicyclic) bond motifs is 1. The second kappa shape index (κ2) is 10.3. The van der Waals surface area contributed by atoms with E-state index in [0.717, 1.165) is 11.1 Å². The molecule has 0 aliphatic heterocycles. The van der Waals surface area contributed by atoms with Crippen LogP contribution < -0.4 is 19.5 Å². The molecule has 6 nitrogen and oxygen atoms in total. The molecule has 0 bridgehead atoms.